The SMILES string of the molecule is CC(C/C(N)=N/O)NC(=O)c1nn(C)c2ccccc12. The molecule has 0 spiro atoms. The molecule has 106 valence electrons. The van der Waals surface area contributed by atoms with Gasteiger partial charge < -0.3 is 16.3 Å². The Morgan fingerprint density at radius 3 is 2.95 bits per heavy atom. The zero-order valence-corrected chi connectivity index (χ0v) is 11.4. The number of carbonyl (C=O) groups is 1. The van der Waals surface area contributed by atoms with E-state index in [-0.39, 0.29) is 24.2 Å². The van der Waals surface area contributed by atoms with E-state index in [0.717, 1.165) is 10.9 Å². The van der Waals surface area contributed by atoms with Gasteiger partial charge in [0.2, 0.25) is 0 Å². The second-order valence-electron chi connectivity index (χ2n) is 4.66. The van der Waals surface area contributed by atoms with E-state index in [1.807, 2.05) is 24.3 Å². The molecule has 0 saturated carbocycles. The van der Waals surface area contributed by atoms with Crippen molar-refractivity contribution in [3.8, 4) is 0 Å². The number of amides is 1. The molecule has 1 heterocycles. The number of benzene rings is 1. The average Bonchev–Trinajstić information content (AvgIpc) is 2.76. The van der Waals surface area contributed by atoms with Crippen LogP contribution in [0.5, 0.6) is 0 Å². The fraction of sp³-hybridized carbons (Fsp3) is 0.308. The molecule has 7 heteroatoms. The Hall–Kier alpha value is -2.57. The maximum absolute atomic E-state index is 12.2. The van der Waals surface area contributed by atoms with Crippen molar-refractivity contribution in [1.82, 2.24) is 15.1 Å². The number of nitrogens with one attached hydrogen (secondary N) is 1. The van der Waals surface area contributed by atoms with E-state index < -0.39 is 0 Å². The summed E-state index contributed by atoms with van der Waals surface area (Å²) < 4.78 is 1.67. The fourth-order valence-electron chi connectivity index (χ4n) is 2.08. The summed E-state index contributed by atoms with van der Waals surface area (Å²) in [6.45, 7) is 1.78. The minimum absolute atomic E-state index is 0.0729. The Balaban J connectivity index is 2.20. The van der Waals surface area contributed by atoms with Gasteiger partial charge in [0.1, 0.15) is 5.84 Å². The number of para-hydroxylation sites is 1. The number of nitrogens with two attached hydrogens (primary N) is 1. The Morgan fingerprint density at radius 1 is 1.55 bits per heavy atom. The van der Waals surface area contributed by atoms with Gasteiger partial charge in [-0.05, 0) is 13.0 Å². The van der Waals surface area contributed by atoms with Crippen LogP contribution in [-0.2, 0) is 7.05 Å². The van der Waals surface area contributed by atoms with Gasteiger partial charge in [-0.2, -0.15) is 5.10 Å². The van der Waals surface area contributed by atoms with E-state index in [1.165, 1.54) is 0 Å². The summed E-state index contributed by atoms with van der Waals surface area (Å²) in [5, 5.41) is 19.2. The van der Waals surface area contributed by atoms with Crippen molar-refractivity contribution in [1.29, 1.82) is 0 Å². The molecule has 20 heavy (non-hydrogen) atoms. The van der Waals surface area contributed by atoms with Crippen LogP contribution in [0.25, 0.3) is 10.9 Å². The van der Waals surface area contributed by atoms with E-state index in [0.29, 0.717) is 5.69 Å². The molecule has 1 unspecified atom stereocenters. The highest BCUT2D eigenvalue weighted by Gasteiger charge is 2.17. The van der Waals surface area contributed by atoms with Crippen LogP contribution in [-0.4, -0.2) is 32.8 Å². The number of hydrogen-bond donors (Lipinski definition) is 3. The van der Waals surface area contributed by atoms with Gasteiger partial charge in [-0.3, -0.25) is 9.48 Å². The first-order valence-electron chi connectivity index (χ1n) is 6.22. The van der Waals surface area contributed by atoms with Crippen molar-refractivity contribution in [3.05, 3.63) is 30.0 Å². The van der Waals surface area contributed by atoms with Gasteiger partial charge in [0, 0.05) is 24.9 Å². The van der Waals surface area contributed by atoms with Gasteiger partial charge in [0.15, 0.2) is 5.69 Å². The quantitative estimate of drug-likeness (QED) is 0.332. The summed E-state index contributed by atoms with van der Waals surface area (Å²) in [7, 11) is 1.79. The minimum Gasteiger partial charge on any atom is -0.409 e. The Kier molecular flexibility index (Phi) is 3.88. The van der Waals surface area contributed by atoms with Crippen molar-refractivity contribution in [3.63, 3.8) is 0 Å². The lowest BCUT2D eigenvalue weighted by Gasteiger charge is -2.11. The lowest BCUT2D eigenvalue weighted by atomic mass is 10.2. The van der Waals surface area contributed by atoms with Crippen LogP contribution >= 0.6 is 0 Å². The molecule has 0 fully saturated rings. The summed E-state index contributed by atoms with van der Waals surface area (Å²) in [4.78, 5) is 12.2. The van der Waals surface area contributed by atoms with E-state index in [4.69, 9.17) is 10.9 Å². The number of hydrogen-bond acceptors (Lipinski definition) is 4. The van der Waals surface area contributed by atoms with Crippen LogP contribution < -0.4 is 11.1 Å². The van der Waals surface area contributed by atoms with Gasteiger partial charge in [-0.25, -0.2) is 0 Å². The first kappa shape index (κ1) is 13.9. The van der Waals surface area contributed by atoms with Crippen LogP contribution in [0.2, 0.25) is 0 Å². The second-order valence-corrected chi connectivity index (χ2v) is 4.66. The monoisotopic (exact) mass is 275 g/mol. The fourth-order valence-corrected chi connectivity index (χ4v) is 2.08. The maximum atomic E-state index is 12.2. The number of rotatable bonds is 4. The van der Waals surface area contributed by atoms with Gasteiger partial charge >= 0.3 is 0 Å². The number of nitrogens with zero attached hydrogens (tertiary/aromatic N) is 3. The molecule has 1 aromatic carbocycles. The molecule has 0 radical (unpaired) electrons. The van der Waals surface area contributed by atoms with Gasteiger partial charge in [-0.15, -0.1) is 0 Å². The van der Waals surface area contributed by atoms with Crippen LogP contribution in [0.15, 0.2) is 29.4 Å². The van der Waals surface area contributed by atoms with Gasteiger partial charge in [0.05, 0.1) is 5.52 Å². The normalized spacial score (nSPS) is 13.4. The zero-order valence-electron chi connectivity index (χ0n) is 11.4. The molecule has 0 aliphatic rings. The smallest absolute Gasteiger partial charge is 0.272 e. The van der Waals surface area contributed by atoms with E-state index in [9.17, 15) is 4.79 Å². The van der Waals surface area contributed by atoms with Crippen molar-refractivity contribution in [2.45, 2.75) is 19.4 Å². The highest BCUT2D eigenvalue weighted by molar-refractivity contribution is 6.05. The van der Waals surface area contributed by atoms with Crippen molar-refractivity contribution in [2.75, 3.05) is 0 Å². The molecule has 0 aliphatic carbocycles. The molecule has 1 amide bonds. The Bertz CT molecular complexity index is 662. The third kappa shape index (κ3) is 2.71. The number of carbonyl (C=O) groups excluding carboxylic acids is 1. The summed E-state index contributed by atoms with van der Waals surface area (Å²) in [5.74, 6) is -0.205. The number of oxime groups is 1. The molecule has 2 aromatic rings. The third-order valence-corrected chi connectivity index (χ3v) is 2.99. The van der Waals surface area contributed by atoms with Crippen LogP contribution in [0, 0.1) is 0 Å². The Labute approximate surface area is 116 Å². The third-order valence-electron chi connectivity index (χ3n) is 2.99. The second kappa shape index (κ2) is 5.60. The molecule has 1 aromatic heterocycles. The first-order valence-corrected chi connectivity index (χ1v) is 6.22. The highest BCUT2D eigenvalue weighted by Crippen LogP contribution is 2.17. The predicted octanol–water partition coefficient (Wildman–Crippen LogP) is 0.828. The lowest BCUT2D eigenvalue weighted by molar-refractivity contribution is 0.0937. The van der Waals surface area contributed by atoms with Crippen LogP contribution in [0.1, 0.15) is 23.8 Å². The van der Waals surface area contributed by atoms with Gasteiger partial charge in [-0.1, -0.05) is 23.4 Å². The molecule has 2 rings (SSSR count). The van der Waals surface area contributed by atoms with Gasteiger partial charge in [0.25, 0.3) is 5.91 Å². The average molecular weight is 275 g/mol. The lowest BCUT2D eigenvalue weighted by Crippen LogP contribution is -2.36. The number of amidine groups is 1. The minimum atomic E-state index is -0.278. The van der Waals surface area contributed by atoms with Crippen molar-refractivity contribution in [2.24, 2.45) is 17.9 Å². The summed E-state index contributed by atoms with van der Waals surface area (Å²) in [6, 6.07) is 7.26. The molecule has 4 N–H and O–H groups in total. The molecular weight excluding hydrogens is 258 g/mol. The Morgan fingerprint density at radius 2 is 2.25 bits per heavy atom. The topological polar surface area (TPSA) is 106 Å². The zero-order chi connectivity index (χ0) is 14.7. The molecule has 0 saturated heterocycles. The van der Waals surface area contributed by atoms with Crippen molar-refractivity contribution < 1.29 is 10.0 Å². The van der Waals surface area contributed by atoms with Crippen LogP contribution in [0.4, 0.5) is 0 Å². The van der Waals surface area contributed by atoms with E-state index in [2.05, 4.69) is 15.6 Å². The van der Waals surface area contributed by atoms with Crippen molar-refractivity contribution >= 4 is 22.6 Å². The summed E-state index contributed by atoms with van der Waals surface area (Å²) in [6.07, 6.45) is 0.271. The molecular formula is C13H17N5O2. The molecule has 7 nitrogen and oxygen atoms in total. The first-order chi connectivity index (χ1) is 9.52. The molecule has 0 aliphatic heterocycles. The highest BCUT2D eigenvalue weighted by atomic mass is 16.4. The van der Waals surface area contributed by atoms with E-state index >= 15 is 0 Å². The predicted molar refractivity (Wildman–Crippen MR) is 75.7 cm³/mol. The number of aryl methyl sites for hydroxylation is 1. The molecule has 1 atom stereocenters. The largest absolute Gasteiger partial charge is 0.409 e. The summed E-state index contributed by atoms with van der Waals surface area (Å²) in [5.41, 5.74) is 6.67. The maximum Gasteiger partial charge on any atom is 0.272 e. The summed E-state index contributed by atoms with van der Waals surface area (Å²) >= 11 is 0. The van der Waals surface area contributed by atoms with E-state index in [1.54, 1.807) is 18.7 Å². The standard InChI is InChI=1S/C13H17N5O2/c1-8(7-11(14)17-20)15-13(19)12-9-5-3-4-6-10(9)18(2)16-12/h3-6,8,20H,7H2,1-2H3,(H2,14,17)(H,15,19). The number of aromatic nitrogens is 2. The molecule has 0 bridgehead atoms. The van der Waals surface area contributed by atoms with Crippen LogP contribution in [0.3, 0.4) is 0 Å². The number of fused-ring (bicyclic) bond motifs is 1.